The quantitative estimate of drug-likeness (QED) is 0.831. The van der Waals surface area contributed by atoms with Gasteiger partial charge in [0, 0.05) is 33.2 Å². The molecule has 0 radical (unpaired) electrons. The first-order valence-electron chi connectivity index (χ1n) is 7.69. The molecule has 4 nitrogen and oxygen atoms in total. The molecule has 1 aromatic carbocycles. The number of hydrogen-bond acceptors (Lipinski definition) is 3. The monoisotopic (exact) mass is 290 g/mol. The lowest BCUT2D eigenvalue weighted by Gasteiger charge is -2.34. The van der Waals surface area contributed by atoms with Crippen LogP contribution in [0.25, 0.3) is 0 Å². The summed E-state index contributed by atoms with van der Waals surface area (Å²) in [5.41, 5.74) is 1.28. The predicted octanol–water partition coefficient (Wildman–Crippen LogP) is 2.00. The Morgan fingerprint density at radius 3 is 2.76 bits per heavy atom. The van der Waals surface area contributed by atoms with Gasteiger partial charge in [-0.25, -0.2) is 0 Å². The van der Waals surface area contributed by atoms with Gasteiger partial charge in [0.15, 0.2) is 0 Å². The molecular formula is C17H26N2O2. The highest BCUT2D eigenvalue weighted by Gasteiger charge is 2.28. The van der Waals surface area contributed by atoms with Crippen LogP contribution >= 0.6 is 0 Å². The molecular weight excluding hydrogens is 264 g/mol. The van der Waals surface area contributed by atoms with E-state index < -0.39 is 0 Å². The van der Waals surface area contributed by atoms with Gasteiger partial charge in [0.1, 0.15) is 6.10 Å². The van der Waals surface area contributed by atoms with Crippen molar-refractivity contribution in [2.24, 2.45) is 5.92 Å². The molecule has 1 heterocycles. The summed E-state index contributed by atoms with van der Waals surface area (Å²) in [5, 5.41) is 0. The van der Waals surface area contributed by atoms with Crippen LogP contribution in [-0.4, -0.2) is 55.1 Å². The van der Waals surface area contributed by atoms with Crippen LogP contribution in [0.3, 0.4) is 0 Å². The Morgan fingerprint density at radius 2 is 2.10 bits per heavy atom. The molecule has 1 unspecified atom stereocenters. The Hall–Kier alpha value is -1.39. The third-order valence-corrected chi connectivity index (χ3v) is 3.69. The highest BCUT2D eigenvalue weighted by atomic mass is 16.5. The van der Waals surface area contributed by atoms with Gasteiger partial charge in [-0.15, -0.1) is 0 Å². The second kappa shape index (κ2) is 7.57. The topological polar surface area (TPSA) is 32.8 Å². The van der Waals surface area contributed by atoms with Crippen LogP contribution in [-0.2, 0) is 16.1 Å². The van der Waals surface area contributed by atoms with Gasteiger partial charge in [0.05, 0.1) is 6.61 Å². The van der Waals surface area contributed by atoms with Crippen molar-refractivity contribution in [1.82, 2.24) is 9.80 Å². The molecule has 1 aliphatic rings. The fraction of sp³-hybridized carbons (Fsp3) is 0.588. The van der Waals surface area contributed by atoms with E-state index in [0.717, 1.165) is 19.6 Å². The van der Waals surface area contributed by atoms with Gasteiger partial charge in [0.2, 0.25) is 0 Å². The van der Waals surface area contributed by atoms with Crippen LogP contribution in [0.4, 0.5) is 0 Å². The van der Waals surface area contributed by atoms with Crippen molar-refractivity contribution in [2.75, 3.05) is 33.3 Å². The lowest BCUT2D eigenvalue weighted by molar-refractivity contribution is -0.148. The summed E-state index contributed by atoms with van der Waals surface area (Å²) in [7, 11) is 1.86. The number of benzene rings is 1. The van der Waals surface area contributed by atoms with Crippen LogP contribution in [0.1, 0.15) is 19.4 Å². The first-order chi connectivity index (χ1) is 10.1. The zero-order chi connectivity index (χ0) is 15.2. The van der Waals surface area contributed by atoms with Crippen molar-refractivity contribution < 1.29 is 9.53 Å². The van der Waals surface area contributed by atoms with Gasteiger partial charge in [-0.2, -0.15) is 0 Å². The van der Waals surface area contributed by atoms with E-state index in [0.29, 0.717) is 19.1 Å². The first kappa shape index (κ1) is 16.0. The maximum atomic E-state index is 12.4. The van der Waals surface area contributed by atoms with E-state index in [2.05, 4.69) is 43.0 Å². The van der Waals surface area contributed by atoms with Crippen molar-refractivity contribution in [1.29, 1.82) is 0 Å². The van der Waals surface area contributed by atoms with E-state index in [9.17, 15) is 4.79 Å². The number of carbonyl (C=O) groups is 1. The molecule has 0 aromatic heterocycles. The van der Waals surface area contributed by atoms with Gasteiger partial charge >= 0.3 is 0 Å². The highest BCUT2D eigenvalue weighted by Crippen LogP contribution is 2.12. The summed E-state index contributed by atoms with van der Waals surface area (Å²) in [6.07, 6.45) is -0.328. The van der Waals surface area contributed by atoms with Gasteiger partial charge < -0.3 is 9.64 Å². The van der Waals surface area contributed by atoms with Crippen molar-refractivity contribution in [2.45, 2.75) is 26.5 Å². The number of carbonyl (C=O) groups excluding carboxylic acids is 1. The van der Waals surface area contributed by atoms with Gasteiger partial charge in [-0.05, 0) is 11.5 Å². The average molecular weight is 290 g/mol. The minimum Gasteiger partial charge on any atom is -0.366 e. The molecule has 1 amide bonds. The maximum absolute atomic E-state index is 12.4. The molecule has 0 aliphatic carbocycles. The summed E-state index contributed by atoms with van der Waals surface area (Å²) < 4.78 is 5.68. The van der Waals surface area contributed by atoms with E-state index in [1.54, 1.807) is 4.90 Å². The largest absolute Gasteiger partial charge is 0.366 e. The molecule has 0 N–H and O–H groups in total. The minimum atomic E-state index is -0.328. The number of ether oxygens (including phenoxy) is 1. The molecule has 1 atom stereocenters. The normalized spacial score (nSPS) is 19.7. The van der Waals surface area contributed by atoms with E-state index in [1.807, 2.05) is 13.1 Å². The average Bonchev–Trinajstić information content (AvgIpc) is 2.47. The Labute approximate surface area is 127 Å². The SMILES string of the molecule is CC(C)CN(C)C(=O)C1CN(Cc2ccccc2)CCO1. The summed E-state index contributed by atoms with van der Waals surface area (Å²) in [6.45, 7) is 8.07. The lowest BCUT2D eigenvalue weighted by Crippen LogP contribution is -2.50. The van der Waals surface area contributed by atoms with Crippen molar-refractivity contribution >= 4 is 5.91 Å². The fourth-order valence-corrected chi connectivity index (χ4v) is 2.72. The molecule has 116 valence electrons. The third kappa shape index (κ3) is 4.83. The summed E-state index contributed by atoms with van der Waals surface area (Å²) in [4.78, 5) is 16.5. The number of nitrogens with zero attached hydrogens (tertiary/aromatic N) is 2. The van der Waals surface area contributed by atoms with Crippen molar-refractivity contribution in [3.8, 4) is 0 Å². The van der Waals surface area contributed by atoms with Crippen LogP contribution in [0.15, 0.2) is 30.3 Å². The van der Waals surface area contributed by atoms with Crippen LogP contribution < -0.4 is 0 Å². The molecule has 0 bridgehead atoms. The Morgan fingerprint density at radius 1 is 1.38 bits per heavy atom. The molecule has 21 heavy (non-hydrogen) atoms. The van der Waals surface area contributed by atoms with Gasteiger partial charge in [-0.3, -0.25) is 9.69 Å². The van der Waals surface area contributed by atoms with Crippen LogP contribution in [0.2, 0.25) is 0 Å². The smallest absolute Gasteiger partial charge is 0.252 e. The number of rotatable bonds is 5. The second-order valence-electron chi connectivity index (χ2n) is 6.19. The molecule has 0 saturated carbocycles. The van der Waals surface area contributed by atoms with Crippen molar-refractivity contribution in [3.63, 3.8) is 0 Å². The van der Waals surface area contributed by atoms with E-state index in [-0.39, 0.29) is 12.0 Å². The maximum Gasteiger partial charge on any atom is 0.252 e. The van der Waals surface area contributed by atoms with Gasteiger partial charge in [0.25, 0.3) is 5.91 Å². The number of likely N-dealkylation sites (N-methyl/N-ethyl adjacent to an activating group) is 1. The number of amides is 1. The van der Waals surface area contributed by atoms with E-state index in [4.69, 9.17) is 4.74 Å². The molecule has 4 heteroatoms. The Balaban J connectivity index is 1.89. The van der Waals surface area contributed by atoms with Gasteiger partial charge in [-0.1, -0.05) is 44.2 Å². The fourth-order valence-electron chi connectivity index (χ4n) is 2.72. The summed E-state index contributed by atoms with van der Waals surface area (Å²) in [5.74, 6) is 0.574. The molecule has 2 rings (SSSR count). The molecule has 1 saturated heterocycles. The molecule has 1 aromatic rings. The minimum absolute atomic E-state index is 0.0986. The van der Waals surface area contributed by atoms with E-state index >= 15 is 0 Å². The van der Waals surface area contributed by atoms with Crippen molar-refractivity contribution in [3.05, 3.63) is 35.9 Å². The summed E-state index contributed by atoms with van der Waals surface area (Å²) in [6, 6.07) is 10.4. The standard InChI is InChI=1S/C17H26N2O2/c1-14(2)11-18(3)17(20)16-13-19(9-10-21-16)12-15-7-5-4-6-8-15/h4-8,14,16H,9-13H2,1-3H3. The summed E-state index contributed by atoms with van der Waals surface area (Å²) >= 11 is 0. The molecule has 1 aliphatic heterocycles. The zero-order valence-corrected chi connectivity index (χ0v) is 13.3. The van der Waals surface area contributed by atoms with E-state index in [1.165, 1.54) is 5.56 Å². The number of hydrogen-bond donors (Lipinski definition) is 0. The molecule has 1 fully saturated rings. The number of morpholine rings is 1. The predicted molar refractivity (Wildman–Crippen MR) is 83.9 cm³/mol. The Kier molecular flexibility index (Phi) is 5.76. The first-order valence-corrected chi connectivity index (χ1v) is 7.69. The van der Waals surface area contributed by atoms with Crippen LogP contribution in [0, 0.1) is 5.92 Å². The Bertz CT molecular complexity index is 447. The molecule has 0 spiro atoms. The third-order valence-electron chi connectivity index (χ3n) is 3.69. The second-order valence-corrected chi connectivity index (χ2v) is 6.19. The lowest BCUT2D eigenvalue weighted by atomic mass is 10.1. The van der Waals surface area contributed by atoms with Crippen LogP contribution in [0.5, 0.6) is 0 Å². The highest BCUT2D eigenvalue weighted by molar-refractivity contribution is 5.81. The zero-order valence-electron chi connectivity index (χ0n) is 13.3.